The molecule has 0 saturated heterocycles. The second-order valence-electron chi connectivity index (χ2n) is 9.84. The molecule has 11 heteroatoms. The highest BCUT2D eigenvalue weighted by atomic mass is 19.1. The van der Waals surface area contributed by atoms with Crippen molar-refractivity contribution in [1.82, 2.24) is 39.6 Å². The van der Waals surface area contributed by atoms with Gasteiger partial charge in [0, 0.05) is 56.1 Å². The van der Waals surface area contributed by atoms with Crippen molar-refractivity contribution in [1.29, 1.82) is 0 Å². The van der Waals surface area contributed by atoms with Crippen LogP contribution < -0.4 is 11.1 Å². The van der Waals surface area contributed by atoms with Crippen LogP contribution in [0.2, 0.25) is 0 Å². The van der Waals surface area contributed by atoms with Crippen molar-refractivity contribution in [2.24, 2.45) is 0 Å². The molecular formula is C31H28FN9O. The van der Waals surface area contributed by atoms with Crippen LogP contribution in [-0.4, -0.2) is 53.4 Å². The summed E-state index contributed by atoms with van der Waals surface area (Å²) in [5.74, 6) is 1.61. The fourth-order valence-electron chi connectivity index (χ4n) is 5.06. The van der Waals surface area contributed by atoms with Crippen LogP contribution in [0.15, 0.2) is 85.5 Å². The van der Waals surface area contributed by atoms with E-state index in [1.54, 1.807) is 42.5 Å². The Hall–Kier alpha value is -5.45. The Bertz CT molecular complexity index is 1900. The number of pyridine rings is 3. The number of halogens is 1. The Morgan fingerprint density at radius 3 is 2.55 bits per heavy atom. The van der Waals surface area contributed by atoms with Gasteiger partial charge in [0.2, 0.25) is 0 Å². The molecule has 5 aromatic heterocycles. The van der Waals surface area contributed by atoms with E-state index >= 15 is 0 Å². The lowest BCUT2D eigenvalue weighted by Crippen LogP contribution is -2.19. The van der Waals surface area contributed by atoms with E-state index < -0.39 is 6.17 Å². The summed E-state index contributed by atoms with van der Waals surface area (Å²) in [7, 11) is 1.61. The van der Waals surface area contributed by atoms with Gasteiger partial charge in [0.25, 0.3) is 5.91 Å². The number of carbonyl (C=O) groups is 1. The maximum atomic E-state index is 14.0. The van der Waals surface area contributed by atoms with Gasteiger partial charge in [-0.1, -0.05) is 6.07 Å². The average molecular weight is 562 g/mol. The molecule has 10 nitrogen and oxygen atoms in total. The van der Waals surface area contributed by atoms with E-state index in [1.165, 1.54) is 0 Å². The fourth-order valence-corrected chi connectivity index (χ4v) is 5.06. The van der Waals surface area contributed by atoms with Crippen LogP contribution in [0, 0.1) is 6.92 Å². The van der Waals surface area contributed by atoms with E-state index in [4.69, 9.17) is 15.7 Å². The van der Waals surface area contributed by atoms with Crippen LogP contribution in [0.25, 0.3) is 34.1 Å². The second-order valence-corrected chi connectivity index (χ2v) is 9.84. The van der Waals surface area contributed by atoms with Gasteiger partial charge in [0.05, 0.1) is 11.1 Å². The fraction of sp³-hybridized carbons (Fsp3) is 0.161. The van der Waals surface area contributed by atoms with Gasteiger partial charge in [-0.2, -0.15) is 5.10 Å². The molecule has 1 aromatic carbocycles. The molecule has 0 saturated carbocycles. The van der Waals surface area contributed by atoms with E-state index in [1.807, 2.05) is 66.2 Å². The largest absolute Gasteiger partial charge is 0.383 e. The molecular weight excluding hydrogens is 533 g/mol. The molecule has 0 bridgehead atoms. The Labute approximate surface area is 241 Å². The van der Waals surface area contributed by atoms with Crippen LogP contribution in [0.1, 0.15) is 27.2 Å². The number of aryl methyl sites for hydroxylation is 1. The smallest absolute Gasteiger partial charge is 0.252 e. The van der Waals surface area contributed by atoms with Gasteiger partial charge in [-0.25, -0.2) is 24.0 Å². The number of alkyl halides is 1. The molecule has 210 valence electrons. The zero-order valence-corrected chi connectivity index (χ0v) is 23.1. The van der Waals surface area contributed by atoms with Crippen molar-refractivity contribution in [3.05, 3.63) is 108 Å². The number of hydrogen-bond donors (Lipinski definition) is 2. The minimum Gasteiger partial charge on any atom is -0.383 e. The summed E-state index contributed by atoms with van der Waals surface area (Å²) in [6, 6.07) is 18.8. The number of nitrogens with one attached hydrogen (secondary N) is 1. The summed E-state index contributed by atoms with van der Waals surface area (Å²) >= 11 is 0. The van der Waals surface area contributed by atoms with Gasteiger partial charge in [0.1, 0.15) is 17.5 Å². The first kappa shape index (κ1) is 26.8. The van der Waals surface area contributed by atoms with Gasteiger partial charge >= 0.3 is 0 Å². The molecule has 42 heavy (non-hydrogen) atoms. The van der Waals surface area contributed by atoms with Crippen LogP contribution in [0.5, 0.6) is 0 Å². The molecule has 6 aromatic rings. The van der Waals surface area contributed by atoms with Gasteiger partial charge in [-0.15, -0.1) is 0 Å². The van der Waals surface area contributed by atoms with Crippen molar-refractivity contribution in [3.63, 3.8) is 0 Å². The zero-order chi connectivity index (χ0) is 29.2. The minimum atomic E-state index is -0.831. The summed E-state index contributed by atoms with van der Waals surface area (Å²) in [5, 5.41) is 6.83. The molecule has 0 spiro atoms. The maximum absolute atomic E-state index is 14.0. The topological polar surface area (TPSA) is 129 Å². The molecule has 1 aliphatic rings. The number of imidazole rings is 1. The average Bonchev–Trinajstić information content (AvgIpc) is 3.75. The van der Waals surface area contributed by atoms with Gasteiger partial charge in [-0.3, -0.25) is 14.3 Å². The number of nitrogens with two attached hydrogens (primary N) is 1. The number of nitrogens with zero attached hydrogens (tertiary/aromatic N) is 7. The van der Waals surface area contributed by atoms with Crippen molar-refractivity contribution in [3.8, 4) is 22.9 Å². The van der Waals surface area contributed by atoms with Crippen LogP contribution in [0.4, 0.5) is 10.2 Å². The van der Waals surface area contributed by atoms with Crippen molar-refractivity contribution >= 4 is 22.9 Å². The van der Waals surface area contributed by atoms with Gasteiger partial charge in [0.15, 0.2) is 17.3 Å². The number of rotatable bonds is 4. The summed E-state index contributed by atoms with van der Waals surface area (Å²) in [6.45, 7) is 1.81. The van der Waals surface area contributed by atoms with E-state index in [9.17, 15) is 9.18 Å². The highest BCUT2D eigenvalue weighted by molar-refractivity contribution is 5.94. The number of anilines is 1. The first-order valence-corrected chi connectivity index (χ1v) is 13.4. The predicted molar refractivity (Wildman–Crippen MR) is 158 cm³/mol. The zero-order valence-electron chi connectivity index (χ0n) is 23.1. The lowest BCUT2D eigenvalue weighted by Gasteiger charge is -2.12. The first-order chi connectivity index (χ1) is 20.4. The molecule has 1 amide bonds. The highest BCUT2D eigenvalue weighted by Crippen LogP contribution is 2.33. The second kappa shape index (κ2) is 11.2. The molecule has 0 aliphatic heterocycles. The van der Waals surface area contributed by atoms with E-state index in [0.29, 0.717) is 47.1 Å². The number of nitrogen functional groups attached to an aromatic ring is 1. The molecule has 0 radical (unpaired) electrons. The Morgan fingerprint density at radius 1 is 0.976 bits per heavy atom. The van der Waals surface area contributed by atoms with Gasteiger partial charge < -0.3 is 11.1 Å². The van der Waals surface area contributed by atoms with Crippen molar-refractivity contribution in [2.45, 2.75) is 25.9 Å². The first-order valence-electron chi connectivity index (χ1n) is 13.4. The standard InChI is InChI=1S/C23H18FN7.C8H10N2O/c24-16-11-14-4-5-17(13-15(14)12-16)31-22(18-3-1-8-26-21(18)25)28-19-6-7-20(29-23(19)31)30-10-2-9-27-30;1-6-7(8(11)9-2)4-3-5-10-6/h1-10,13,16H,11-12H2,(H2,25,26);3-5H,1-2H3,(H,9,11). The SMILES string of the molecule is CNC(=O)c1cccnc1C.Nc1ncccc1-c1nc2ccc(-n3cccn3)nc2n1-c1ccc2c(c1)CC(F)C2. The number of amides is 1. The molecule has 1 unspecified atom stereocenters. The van der Waals surface area contributed by atoms with Gasteiger partial charge in [-0.05, 0) is 72.6 Å². The molecule has 1 atom stereocenters. The summed E-state index contributed by atoms with van der Waals surface area (Å²) in [4.78, 5) is 29.0. The van der Waals surface area contributed by atoms with Crippen LogP contribution in [-0.2, 0) is 12.8 Å². The monoisotopic (exact) mass is 561 g/mol. The van der Waals surface area contributed by atoms with Crippen molar-refractivity contribution in [2.75, 3.05) is 12.8 Å². The molecule has 0 fully saturated rings. The lowest BCUT2D eigenvalue weighted by atomic mass is 10.1. The molecule has 3 N–H and O–H groups in total. The molecule has 5 heterocycles. The summed E-state index contributed by atoms with van der Waals surface area (Å²) < 4.78 is 17.6. The lowest BCUT2D eigenvalue weighted by molar-refractivity contribution is 0.0962. The van der Waals surface area contributed by atoms with E-state index in [-0.39, 0.29) is 5.91 Å². The number of benzene rings is 1. The third-order valence-corrected chi connectivity index (χ3v) is 7.12. The quantitative estimate of drug-likeness (QED) is 0.326. The predicted octanol–water partition coefficient (Wildman–Crippen LogP) is 4.44. The van der Waals surface area contributed by atoms with E-state index in [0.717, 1.165) is 28.0 Å². The van der Waals surface area contributed by atoms with Crippen molar-refractivity contribution < 1.29 is 9.18 Å². The summed E-state index contributed by atoms with van der Waals surface area (Å²) in [5.41, 5.74) is 12.6. The summed E-state index contributed by atoms with van der Waals surface area (Å²) in [6.07, 6.45) is 6.92. The normalized spacial score (nSPS) is 13.8. The molecule has 1 aliphatic carbocycles. The highest BCUT2D eigenvalue weighted by Gasteiger charge is 2.23. The molecule has 7 rings (SSSR count). The Kier molecular flexibility index (Phi) is 7.14. The Morgan fingerprint density at radius 2 is 1.79 bits per heavy atom. The minimum absolute atomic E-state index is 0.0874. The number of hydrogen-bond acceptors (Lipinski definition) is 7. The van der Waals surface area contributed by atoms with Crippen LogP contribution >= 0.6 is 0 Å². The number of carbonyl (C=O) groups excluding carboxylic acids is 1. The van der Waals surface area contributed by atoms with E-state index in [2.05, 4.69) is 20.4 Å². The number of fused-ring (bicyclic) bond motifs is 2. The van der Waals surface area contributed by atoms with Crippen LogP contribution in [0.3, 0.4) is 0 Å². The third kappa shape index (κ3) is 5.07. The maximum Gasteiger partial charge on any atom is 0.252 e. The number of aromatic nitrogens is 7. The third-order valence-electron chi connectivity index (χ3n) is 7.12. The Balaban J connectivity index is 0.000000244.